The van der Waals surface area contributed by atoms with E-state index in [1.165, 1.54) is 77.7 Å². The Bertz CT molecular complexity index is 434. The molecule has 3 rings (SSSR count). The van der Waals surface area contributed by atoms with E-state index >= 15 is 0 Å². The fraction of sp³-hybridized carbons (Fsp3) is 0.810. The van der Waals surface area contributed by atoms with Crippen LogP contribution < -0.4 is 0 Å². The quantitative estimate of drug-likeness (QED) is 0.283. The Morgan fingerprint density at radius 1 is 1.04 bits per heavy atom. The van der Waals surface area contributed by atoms with Gasteiger partial charge in [-0.3, -0.25) is 4.79 Å². The van der Waals surface area contributed by atoms with Crippen molar-refractivity contribution in [3.63, 3.8) is 0 Å². The molecular weight excluding hydrogens is 490 g/mol. The predicted octanol–water partition coefficient (Wildman–Crippen LogP) is 5.76. The number of aliphatic hydroxyl groups is 1. The second kappa shape index (κ2) is 11.5. The Balaban J connectivity index is 0.000000339. The largest absolute Gasteiger partial charge is 0.658 e. The Hall–Kier alpha value is -0.181. The first-order valence-electron chi connectivity index (χ1n) is 9.88. The maximum absolute atomic E-state index is 10.0. The van der Waals surface area contributed by atoms with Crippen LogP contribution in [-0.4, -0.2) is 23.0 Å². The summed E-state index contributed by atoms with van der Waals surface area (Å²) in [4.78, 5) is 10.0. The molecule has 0 bridgehead atoms. The van der Waals surface area contributed by atoms with Gasteiger partial charge in [-0.1, -0.05) is 70.1 Å². The molecule has 1 N–H and O–H groups in total. The molecule has 3 nitrogen and oxygen atoms in total. The summed E-state index contributed by atoms with van der Waals surface area (Å²) in [6.07, 6.45) is 16.6. The van der Waals surface area contributed by atoms with E-state index in [-0.39, 0.29) is 31.6 Å². The van der Waals surface area contributed by atoms with Crippen molar-refractivity contribution < 1.29 is 30.0 Å². The molecule has 2 saturated carbocycles. The summed E-state index contributed by atoms with van der Waals surface area (Å²) in [5, 5.41) is 13.6. The van der Waals surface area contributed by atoms with Gasteiger partial charge in [0.2, 0.25) is 0 Å². The van der Waals surface area contributed by atoms with Gasteiger partial charge in [0.15, 0.2) is 5.78 Å². The Labute approximate surface area is 167 Å². The molecule has 1 radical (unpaired) electrons. The van der Waals surface area contributed by atoms with E-state index in [1.54, 1.807) is 0 Å². The normalized spacial score (nSPS) is 35.5. The van der Waals surface area contributed by atoms with Crippen LogP contribution in [0, 0.1) is 24.2 Å². The Morgan fingerprint density at radius 2 is 1.76 bits per heavy atom. The topological polar surface area (TPSA) is 51.4 Å². The van der Waals surface area contributed by atoms with Gasteiger partial charge in [0.05, 0.1) is 5.76 Å². The number of rotatable bonds is 2. The maximum Gasteiger partial charge on any atom is 0.155 e. The molecule has 1 aliphatic heterocycles. The summed E-state index contributed by atoms with van der Waals surface area (Å²) in [6, 6.07) is 1.43. The molecule has 1 heterocycles. The zero-order valence-electron chi connectivity index (χ0n) is 16.0. The van der Waals surface area contributed by atoms with Crippen molar-refractivity contribution in [2.45, 2.75) is 90.6 Å². The average molecular weight is 526 g/mol. The van der Waals surface area contributed by atoms with E-state index in [9.17, 15) is 4.79 Å². The van der Waals surface area contributed by atoms with E-state index in [1.807, 2.05) is 0 Å². The summed E-state index contributed by atoms with van der Waals surface area (Å²) in [5.41, 5.74) is 0. The van der Waals surface area contributed by atoms with E-state index in [0.29, 0.717) is 6.04 Å². The number of hydrogen-bond acceptors (Lipinski definition) is 2. The van der Waals surface area contributed by atoms with E-state index in [0.717, 1.165) is 23.8 Å². The molecular formula is C21H35IrNO2-2. The van der Waals surface area contributed by atoms with Crippen LogP contribution in [0.4, 0.5) is 0 Å². The number of carbonyl (C=O) groups excluding carboxylic acids is 1. The molecule has 1 saturated heterocycles. The molecule has 0 aromatic heterocycles. The Kier molecular flexibility index (Phi) is 10.5. The number of carbonyl (C=O) groups is 1. The number of hydrogen-bond donors (Lipinski definition) is 1. The van der Waals surface area contributed by atoms with Crippen LogP contribution >= 0.6 is 0 Å². The monoisotopic (exact) mass is 526 g/mol. The molecule has 5 unspecified atom stereocenters. The standard InChI is InChI=1S/C16H27N.C5H8O2.Ir/c1-12-6-2-4-8-14(12)16-11-10-13-7-3-5-9-15(13)17-16;1-4(6)3-5(2)7;/h8,12-16H,2-7,9-11H2,1H3;3,6H,1-2H3;/q-2;;/b;4-3-;. The van der Waals surface area contributed by atoms with E-state index in [2.05, 4.69) is 13.3 Å². The smallest absolute Gasteiger partial charge is 0.155 e. The van der Waals surface area contributed by atoms with Gasteiger partial charge in [0, 0.05) is 26.2 Å². The number of piperidine rings is 1. The fourth-order valence-electron chi connectivity index (χ4n) is 4.72. The van der Waals surface area contributed by atoms with Crippen molar-refractivity contribution in [3.05, 3.63) is 23.6 Å². The molecule has 3 aliphatic rings. The summed E-state index contributed by atoms with van der Waals surface area (Å²) >= 11 is 0. The zero-order valence-corrected chi connectivity index (χ0v) is 18.4. The van der Waals surface area contributed by atoms with Gasteiger partial charge in [0.25, 0.3) is 0 Å². The van der Waals surface area contributed by atoms with Gasteiger partial charge in [-0.2, -0.15) is 18.4 Å². The third-order valence-electron chi connectivity index (χ3n) is 5.90. The van der Waals surface area contributed by atoms with Crippen molar-refractivity contribution in [3.8, 4) is 0 Å². The van der Waals surface area contributed by atoms with Crippen molar-refractivity contribution in [2.75, 3.05) is 0 Å². The van der Waals surface area contributed by atoms with Crippen LogP contribution in [0.2, 0.25) is 0 Å². The van der Waals surface area contributed by atoms with Gasteiger partial charge < -0.3 is 16.8 Å². The molecule has 0 aromatic carbocycles. The van der Waals surface area contributed by atoms with E-state index in [4.69, 9.17) is 10.4 Å². The minimum atomic E-state index is -0.125. The molecule has 0 amide bonds. The average Bonchev–Trinajstić information content (AvgIpc) is 2.54. The summed E-state index contributed by atoms with van der Waals surface area (Å²) in [5.74, 6) is 2.59. The van der Waals surface area contributed by atoms with Gasteiger partial charge in [-0.15, -0.1) is 6.04 Å². The van der Waals surface area contributed by atoms with Crippen molar-refractivity contribution in [2.24, 2.45) is 17.8 Å². The third kappa shape index (κ3) is 7.53. The third-order valence-corrected chi connectivity index (χ3v) is 5.90. The molecule has 147 valence electrons. The number of nitrogens with zero attached hydrogens (tertiary/aromatic N) is 1. The van der Waals surface area contributed by atoms with Gasteiger partial charge in [-0.05, 0) is 13.8 Å². The van der Waals surface area contributed by atoms with Crippen LogP contribution in [0.15, 0.2) is 11.8 Å². The molecule has 0 aromatic rings. The van der Waals surface area contributed by atoms with Gasteiger partial charge in [0.1, 0.15) is 0 Å². The van der Waals surface area contributed by atoms with Crippen LogP contribution in [0.1, 0.15) is 78.6 Å². The van der Waals surface area contributed by atoms with Crippen molar-refractivity contribution in [1.82, 2.24) is 0 Å². The molecule has 2 aliphatic carbocycles. The minimum absolute atomic E-state index is 0. The molecule has 3 fully saturated rings. The SMILES string of the molecule is CC(=O)/C=C(/C)O.CC1CCC[CH-]C1C1CCC2CCCCC2[N-]1.[Ir]. The fourth-order valence-corrected chi connectivity index (χ4v) is 4.72. The first-order valence-corrected chi connectivity index (χ1v) is 9.88. The molecule has 4 heteroatoms. The second-order valence-corrected chi connectivity index (χ2v) is 8.02. The van der Waals surface area contributed by atoms with Gasteiger partial charge >= 0.3 is 0 Å². The maximum atomic E-state index is 10.0. The zero-order chi connectivity index (χ0) is 17.5. The van der Waals surface area contributed by atoms with Gasteiger partial charge in [-0.25, -0.2) is 0 Å². The molecule has 25 heavy (non-hydrogen) atoms. The number of ketones is 1. The molecule has 0 spiro atoms. The van der Waals surface area contributed by atoms with Crippen molar-refractivity contribution >= 4 is 5.78 Å². The second-order valence-electron chi connectivity index (χ2n) is 8.02. The predicted molar refractivity (Wildman–Crippen MR) is 100.0 cm³/mol. The number of allylic oxidation sites excluding steroid dienone is 2. The summed E-state index contributed by atoms with van der Waals surface area (Å²) in [6.45, 7) is 5.30. The Morgan fingerprint density at radius 3 is 2.36 bits per heavy atom. The summed E-state index contributed by atoms with van der Waals surface area (Å²) in [7, 11) is 0. The van der Waals surface area contributed by atoms with Crippen LogP contribution in [0.5, 0.6) is 0 Å². The summed E-state index contributed by atoms with van der Waals surface area (Å²) < 4.78 is 0. The minimum Gasteiger partial charge on any atom is -0.658 e. The van der Waals surface area contributed by atoms with E-state index < -0.39 is 0 Å². The number of fused-ring (bicyclic) bond motifs is 1. The molecule has 5 atom stereocenters. The van der Waals surface area contributed by atoms with Crippen molar-refractivity contribution in [1.29, 1.82) is 0 Å². The van der Waals surface area contributed by atoms with Crippen LogP contribution in [0.3, 0.4) is 0 Å². The number of aliphatic hydroxyl groups excluding tert-OH is 1. The first-order chi connectivity index (χ1) is 11.5. The van der Waals surface area contributed by atoms with Crippen LogP contribution in [-0.2, 0) is 24.9 Å². The first kappa shape index (κ1) is 22.9. The van der Waals surface area contributed by atoms with Crippen LogP contribution in [0.25, 0.3) is 5.32 Å².